The van der Waals surface area contributed by atoms with Gasteiger partial charge in [-0.2, -0.15) is 4.31 Å². The lowest BCUT2D eigenvalue weighted by Crippen LogP contribution is -2.31. The van der Waals surface area contributed by atoms with Crippen molar-refractivity contribution in [3.05, 3.63) is 45.8 Å². The molecule has 0 aliphatic rings. The van der Waals surface area contributed by atoms with Gasteiger partial charge in [-0.15, -0.1) is 0 Å². The quantitative estimate of drug-likeness (QED) is 0.662. The van der Waals surface area contributed by atoms with Crippen molar-refractivity contribution in [3.8, 4) is 0 Å². The van der Waals surface area contributed by atoms with Crippen LogP contribution in [0.15, 0.2) is 27.6 Å². The van der Waals surface area contributed by atoms with E-state index in [4.69, 9.17) is 20.9 Å². The van der Waals surface area contributed by atoms with Gasteiger partial charge >= 0.3 is 5.97 Å². The Balaban J connectivity index is 2.27. The number of esters is 1. The maximum Gasteiger partial charge on any atom is 0.338 e. The molecule has 1 aromatic heterocycles. The van der Waals surface area contributed by atoms with Gasteiger partial charge in [0.05, 0.1) is 21.8 Å². The molecule has 1 heterocycles. The van der Waals surface area contributed by atoms with E-state index in [1.54, 1.807) is 27.7 Å². The molecule has 142 valence electrons. The fourth-order valence-electron chi connectivity index (χ4n) is 2.46. The number of rotatable bonds is 7. The van der Waals surface area contributed by atoms with E-state index in [0.29, 0.717) is 30.1 Å². The fourth-order valence-corrected chi connectivity index (χ4v) is 4.42. The zero-order valence-corrected chi connectivity index (χ0v) is 16.6. The maximum absolute atomic E-state index is 12.7. The summed E-state index contributed by atoms with van der Waals surface area (Å²) in [4.78, 5) is 12.2. The Morgan fingerprint density at radius 1 is 1.27 bits per heavy atom. The zero-order valence-electron chi connectivity index (χ0n) is 15.1. The topological polar surface area (TPSA) is 89.7 Å². The third-order valence-corrected chi connectivity index (χ3v) is 6.55. The molecule has 0 spiro atoms. The maximum atomic E-state index is 12.7. The number of carbonyl (C=O) groups excluding carboxylic acids is 1. The van der Waals surface area contributed by atoms with Crippen molar-refractivity contribution in [2.24, 2.45) is 0 Å². The molecule has 0 N–H and O–H groups in total. The number of ether oxygens (including phenoxy) is 1. The molecule has 2 rings (SSSR count). The molecule has 0 atom stereocenters. The summed E-state index contributed by atoms with van der Waals surface area (Å²) in [7, 11) is -3.79. The number of carbonyl (C=O) groups is 1. The van der Waals surface area contributed by atoms with Crippen molar-refractivity contribution in [3.63, 3.8) is 0 Å². The molecule has 9 heteroatoms. The van der Waals surface area contributed by atoms with Crippen LogP contribution in [0.3, 0.4) is 0 Å². The van der Waals surface area contributed by atoms with Crippen LogP contribution in [0.4, 0.5) is 0 Å². The average Bonchev–Trinajstić information content (AvgIpc) is 2.92. The molecule has 1 aromatic carbocycles. The largest absolute Gasteiger partial charge is 0.457 e. The first-order chi connectivity index (χ1) is 12.2. The van der Waals surface area contributed by atoms with Crippen LogP contribution in [0.25, 0.3) is 0 Å². The minimum atomic E-state index is -3.79. The van der Waals surface area contributed by atoms with Crippen molar-refractivity contribution < 1.29 is 22.5 Å². The second kappa shape index (κ2) is 8.20. The summed E-state index contributed by atoms with van der Waals surface area (Å²) in [5.74, 6) is -0.0890. The van der Waals surface area contributed by atoms with Gasteiger partial charge in [0.25, 0.3) is 0 Å². The Morgan fingerprint density at radius 2 is 1.92 bits per heavy atom. The first-order valence-electron chi connectivity index (χ1n) is 8.10. The number of benzene rings is 1. The van der Waals surface area contributed by atoms with Crippen LogP contribution >= 0.6 is 11.6 Å². The van der Waals surface area contributed by atoms with Gasteiger partial charge < -0.3 is 9.26 Å². The summed E-state index contributed by atoms with van der Waals surface area (Å²) in [6, 6.07) is 4.05. The minimum Gasteiger partial charge on any atom is -0.457 e. The first kappa shape index (κ1) is 20.4. The molecular formula is C17H21ClN2O5S. The minimum absolute atomic E-state index is 0.0131. The van der Waals surface area contributed by atoms with Crippen molar-refractivity contribution in [1.29, 1.82) is 0 Å². The Kier molecular flexibility index (Phi) is 6.44. The molecule has 0 radical (unpaired) electrons. The lowest BCUT2D eigenvalue weighted by Gasteiger charge is -2.19. The van der Waals surface area contributed by atoms with Crippen LogP contribution in [-0.4, -0.2) is 36.9 Å². The van der Waals surface area contributed by atoms with E-state index in [2.05, 4.69) is 5.16 Å². The van der Waals surface area contributed by atoms with Crippen LogP contribution in [0.1, 0.15) is 41.2 Å². The molecule has 0 aliphatic carbocycles. The van der Waals surface area contributed by atoms with Gasteiger partial charge in [0.15, 0.2) is 0 Å². The van der Waals surface area contributed by atoms with Crippen LogP contribution in [0, 0.1) is 13.8 Å². The van der Waals surface area contributed by atoms with E-state index >= 15 is 0 Å². The van der Waals surface area contributed by atoms with Crippen molar-refractivity contribution in [2.75, 3.05) is 13.1 Å². The molecule has 0 amide bonds. The van der Waals surface area contributed by atoms with Gasteiger partial charge in [0.2, 0.25) is 10.0 Å². The third kappa shape index (κ3) is 4.08. The Bertz CT molecular complexity index is 884. The molecule has 0 unspecified atom stereocenters. The summed E-state index contributed by atoms with van der Waals surface area (Å²) in [6.45, 7) is 7.52. The number of hydrogen-bond donors (Lipinski definition) is 0. The first-order valence-corrected chi connectivity index (χ1v) is 9.92. The Morgan fingerprint density at radius 3 is 2.46 bits per heavy atom. The summed E-state index contributed by atoms with van der Waals surface area (Å²) in [6.07, 6.45) is 0. The van der Waals surface area contributed by atoms with E-state index < -0.39 is 16.0 Å². The molecule has 0 aliphatic heterocycles. The molecule has 0 saturated carbocycles. The fraction of sp³-hybridized carbons (Fsp3) is 0.412. The molecule has 2 aromatic rings. The second-order valence-corrected chi connectivity index (χ2v) is 7.93. The van der Waals surface area contributed by atoms with Gasteiger partial charge in [-0.1, -0.05) is 30.6 Å². The van der Waals surface area contributed by atoms with E-state index in [1.165, 1.54) is 22.5 Å². The lowest BCUT2D eigenvalue weighted by molar-refractivity contribution is 0.0470. The van der Waals surface area contributed by atoms with E-state index in [1.807, 2.05) is 0 Å². The highest BCUT2D eigenvalue weighted by Gasteiger charge is 2.26. The number of hydrogen-bond acceptors (Lipinski definition) is 6. The van der Waals surface area contributed by atoms with E-state index in [9.17, 15) is 13.2 Å². The SMILES string of the molecule is CCN(CC)S(=O)(=O)c1cc(C(=O)OCc2c(C)noc2C)ccc1Cl. The molecule has 0 bridgehead atoms. The normalized spacial score (nSPS) is 11.8. The molecule has 26 heavy (non-hydrogen) atoms. The van der Waals surface area contributed by atoms with Crippen LogP contribution in [0.2, 0.25) is 5.02 Å². The highest BCUT2D eigenvalue weighted by atomic mass is 35.5. The van der Waals surface area contributed by atoms with Crippen LogP contribution < -0.4 is 0 Å². The van der Waals surface area contributed by atoms with Crippen LogP contribution in [-0.2, 0) is 21.4 Å². The summed E-state index contributed by atoms with van der Waals surface area (Å²) >= 11 is 6.06. The monoisotopic (exact) mass is 400 g/mol. The van der Waals surface area contributed by atoms with Gasteiger partial charge in [-0.3, -0.25) is 0 Å². The van der Waals surface area contributed by atoms with Gasteiger partial charge in [0, 0.05) is 13.1 Å². The number of aromatic nitrogens is 1. The van der Waals surface area contributed by atoms with Gasteiger partial charge in [0.1, 0.15) is 17.3 Å². The average molecular weight is 401 g/mol. The number of sulfonamides is 1. The number of nitrogens with zero attached hydrogens (tertiary/aromatic N) is 2. The standard InChI is InChI=1S/C17H21ClN2O5S/c1-5-20(6-2)26(22,23)16-9-13(7-8-15(16)18)17(21)24-10-14-11(3)19-25-12(14)4/h7-9H,5-6,10H2,1-4H3. The van der Waals surface area contributed by atoms with Crippen LogP contribution in [0.5, 0.6) is 0 Å². The Labute approximate surface area is 157 Å². The highest BCUT2D eigenvalue weighted by Crippen LogP contribution is 2.26. The molecular weight excluding hydrogens is 380 g/mol. The summed E-state index contributed by atoms with van der Waals surface area (Å²) in [5, 5.41) is 3.85. The molecule has 0 fully saturated rings. The lowest BCUT2D eigenvalue weighted by atomic mass is 10.2. The molecule has 7 nitrogen and oxygen atoms in total. The Hall–Kier alpha value is -1.90. The predicted octanol–water partition coefficient (Wildman–Crippen LogP) is 3.33. The van der Waals surface area contributed by atoms with Crippen molar-refractivity contribution in [2.45, 2.75) is 39.2 Å². The van der Waals surface area contributed by atoms with E-state index in [0.717, 1.165) is 0 Å². The van der Waals surface area contributed by atoms with Crippen molar-refractivity contribution >= 4 is 27.6 Å². The van der Waals surface area contributed by atoms with Gasteiger partial charge in [-0.25, -0.2) is 13.2 Å². The van der Waals surface area contributed by atoms with Gasteiger partial charge in [-0.05, 0) is 32.0 Å². The number of aryl methyl sites for hydroxylation is 2. The summed E-state index contributed by atoms with van der Waals surface area (Å²) in [5.41, 5.74) is 1.42. The second-order valence-electron chi connectivity index (χ2n) is 5.61. The smallest absolute Gasteiger partial charge is 0.338 e. The third-order valence-electron chi connectivity index (χ3n) is 4.02. The van der Waals surface area contributed by atoms with E-state index in [-0.39, 0.29) is 22.1 Å². The number of halogens is 1. The molecule has 0 saturated heterocycles. The predicted molar refractivity (Wildman–Crippen MR) is 96.7 cm³/mol. The zero-order chi connectivity index (χ0) is 19.5. The van der Waals surface area contributed by atoms with Crippen molar-refractivity contribution in [1.82, 2.24) is 9.46 Å². The highest BCUT2D eigenvalue weighted by molar-refractivity contribution is 7.89. The summed E-state index contributed by atoms with van der Waals surface area (Å²) < 4.78 is 36.9.